The van der Waals surface area contributed by atoms with Crippen molar-refractivity contribution in [2.24, 2.45) is 11.8 Å². The van der Waals surface area contributed by atoms with E-state index in [1.807, 2.05) is 12.4 Å². The molecule has 120 valence electrons. The largest absolute Gasteiger partial charge is 0.396 e. The van der Waals surface area contributed by atoms with Gasteiger partial charge in [-0.3, -0.25) is 0 Å². The van der Waals surface area contributed by atoms with E-state index in [1.165, 1.54) is 23.8 Å². The molecule has 0 amide bonds. The molecule has 0 saturated heterocycles. The quantitative estimate of drug-likeness (QED) is 0.769. The first kappa shape index (κ1) is 14.5. The molecule has 3 aromatic rings. The summed E-state index contributed by atoms with van der Waals surface area (Å²) < 4.78 is 2.30. The summed E-state index contributed by atoms with van der Waals surface area (Å²) in [6.07, 6.45) is 10.7. The summed E-state index contributed by atoms with van der Waals surface area (Å²) in [5, 5.41) is 10.5. The molecule has 23 heavy (non-hydrogen) atoms. The van der Waals surface area contributed by atoms with E-state index < -0.39 is 0 Å². The predicted octanol–water partition coefficient (Wildman–Crippen LogP) is 3.83. The van der Waals surface area contributed by atoms with Crippen LogP contribution in [0.5, 0.6) is 0 Å². The monoisotopic (exact) mass is 309 g/mol. The highest BCUT2D eigenvalue weighted by molar-refractivity contribution is 5.93. The van der Waals surface area contributed by atoms with Crippen molar-refractivity contribution in [3.05, 3.63) is 42.9 Å². The number of aromatic amines is 1. The Labute approximate surface area is 136 Å². The number of nitrogens with one attached hydrogen (secondary N) is 1. The molecular formula is C19H23N3O. The van der Waals surface area contributed by atoms with E-state index in [-0.39, 0.29) is 0 Å². The van der Waals surface area contributed by atoms with Gasteiger partial charge in [-0.15, -0.1) is 0 Å². The van der Waals surface area contributed by atoms with Crippen LogP contribution in [-0.2, 0) is 6.54 Å². The van der Waals surface area contributed by atoms with Crippen molar-refractivity contribution >= 4 is 10.9 Å². The molecule has 1 aliphatic rings. The highest BCUT2D eigenvalue weighted by Gasteiger charge is 2.22. The Morgan fingerprint density at radius 3 is 2.78 bits per heavy atom. The number of aliphatic hydroxyl groups is 1. The average Bonchev–Trinajstić information content (AvgIpc) is 3.24. The molecule has 0 radical (unpaired) electrons. The molecule has 2 N–H and O–H groups in total. The Kier molecular flexibility index (Phi) is 3.92. The Morgan fingerprint density at radius 2 is 1.96 bits per heavy atom. The van der Waals surface area contributed by atoms with Gasteiger partial charge in [0.15, 0.2) is 0 Å². The number of H-pyrrole nitrogens is 1. The molecular weight excluding hydrogens is 286 g/mol. The molecule has 0 unspecified atom stereocenters. The first-order valence-corrected chi connectivity index (χ1v) is 8.53. The molecule has 1 aliphatic carbocycles. The van der Waals surface area contributed by atoms with E-state index in [9.17, 15) is 5.11 Å². The minimum absolute atomic E-state index is 0.346. The highest BCUT2D eigenvalue weighted by Crippen LogP contribution is 2.32. The van der Waals surface area contributed by atoms with Crippen LogP contribution in [0, 0.1) is 11.8 Å². The summed E-state index contributed by atoms with van der Waals surface area (Å²) in [4.78, 5) is 7.90. The van der Waals surface area contributed by atoms with Gasteiger partial charge in [0.25, 0.3) is 0 Å². The van der Waals surface area contributed by atoms with Crippen molar-refractivity contribution < 1.29 is 5.11 Å². The number of rotatable bonds is 4. The predicted molar refractivity (Wildman–Crippen MR) is 92.1 cm³/mol. The van der Waals surface area contributed by atoms with Gasteiger partial charge in [-0.1, -0.05) is 12.1 Å². The van der Waals surface area contributed by atoms with Gasteiger partial charge < -0.3 is 14.7 Å². The van der Waals surface area contributed by atoms with Gasteiger partial charge in [-0.05, 0) is 49.7 Å². The van der Waals surface area contributed by atoms with E-state index >= 15 is 0 Å². The topological polar surface area (TPSA) is 53.8 Å². The smallest absolute Gasteiger partial charge is 0.140 e. The van der Waals surface area contributed by atoms with Gasteiger partial charge in [0.05, 0.1) is 0 Å². The molecule has 4 heteroatoms. The Morgan fingerprint density at radius 1 is 1.13 bits per heavy atom. The summed E-state index contributed by atoms with van der Waals surface area (Å²) in [5.41, 5.74) is 2.35. The molecule has 2 heterocycles. The van der Waals surface area contributed by atoms with E-state index in [0.29, 0.717) is 18.4 Å². The van der Waals surface area contributed by atoms with Crippen LogP contribution >= 0.6 is 0 Å². The third kappa shape index (κ3) is 2.79. The summed E-state index contributed by atoms with van der Waals surface area (Å²) >= 11 is 0. The number of hydrogen-bond donors (Lipinski definition) is 2. The van der Waals surface area contributed by atoms with Gasteiger partial charge in [-0.2, -0.15) is 0 Å². The second kappa shape index (κ2) is 6.20. The lowest BCUT2D eigenvalue weighted by atomic mass is 9.82. The average molecular weight is 309 g/mol. The van der Waals surface area contributed by atoms with Crippen LogP contribution in [-0.4, -0.2) is 26.2 Å². The fourth-order valence-corrected chi connectivity index (χ4v) is 3.86. The summed E-state index contributed by atoms with van der Waals surface area (Å²) in [7, 11) is 0. The van der Waals surface area contributed by atoms with Crippen LogP contribution in [0.1, 0.15) is 25.7 Å². The lowest BCUT2D eigenvalue weighted by Crippen LogP contribution is -2.21. The van der Waals surface area contributed by atoms with Crippen molar-refractivity contribution in [3.63, 3.8) is 0 Å². The number of benzene rings is 1. The third-order valence-electron chi connectivity index (χ3n) is 5.23. The zero-order chi connectivity index (χ0) is 15.6. The lowest BCUT2D eigenvalue weighted by molar-refractivity contribution is 0.161. The maximum absolute atomic E-state index is 9.29. The van der Waals surface area contributed by atoms with Crippen LogP contribution in [0.4, 0.5) is 0 Å². The molecule has 0 atom stereocenters. The number of aromatic nitrogens is 3. The first-order valence-electron chi connectivity index (χ1n) is 8.53. The van der Waals surface area contributed by atoms with E-state index in [0.717, 1.165) is 30.7 Å². The van der Waals surface area contributed by atoms with Crippen LogP contribution in [0.2, 0.25) is 0 Å². The van der Waals surface area contributed by atoms with Gasteiger partial charge in [-0.25, -0.2) is 4.98 Å². The highest BCUT2D eigenvalue weighted by atomic mass is 16.3. The zero-order valence-electron chi connectivity index (χ0n) is 13.3. The van der Waals surface area contributed by atoms with Crippen LogP contribution < -0.4 is 0 Å². The molecule has 0 bridgehead atoms. The van der Waals surface area contributed by atoms with Crippen molar-refractivity contribution in [1.82, 2.24) is 14.5 Å². The van der Waals surface area contributed by atoms with Crippen LogP contribution in [0.25, 0.3) is 22.3 Å². The van der Waals surface area contributed by atoms with E-state index in [1.54, 1.807) is 0 Å². The SMILES string of the molecule is OCC1CCC(Cn2ccnc2-c2cccc3[nH]ccc23)CC1. The zero-order valence-corrected chi connectivity index (χ0v) is 13.3. The van der Waals surface area contributed by atoms with Crippen molar-refractivity contribution in [2.75, 3.05) is 6.61 Å². The summed E-state index contributed by atoms with van der Waals surface area (Å²) in [5.74, 6) is 2.26. The number of aliphatic hydroxyl groups excluding tert-OH is 1. The molecule has 1 aromatic carbocycles. The standard InChI is InChI=1S/C19H23N3O/c23-13-15-6-4-14(5-7-15)12-22-11-10-21-19(22)17-2-1-3-18-16(17)8-9-20-18/h1-3,8-11,14-15,20,23H,4-7,12-13H2. The van der Waals surface area contributed by atoms with Crippen molar-refractivity contribution in [1.29, 1.82) is 0 Å². The normalized spacial score (nSPS) is 21.8. The van der Waals surface area contributed by atoms with E-state index in [2.05, 4.69) is 45.0 Å². The van der Waals surface area contributed by atoms with Crippen LogP contribution in [0.15, 0.2) is 42.9 Å². The third-order valence-corrected chi connectivity index (χ3v) is 5.23. The molecule has 0 aliphatic heterocycles. The number of imidazole rings is 1. The Balaban J connectivity index is 1.58. The van der Waals surface area contributed by atoms with Gasteiger partial charge in [0, 0.05) is 48.2 Å². The number of nitrogens with zero attached hydrogens (tertiary/aromatic N) is 2. The molecule has 0 spiro atoms. The Bertz CT molecular complexity index is 781. The Hall–Kier alpha value is -2.07. The van der Waals surface area contributed by atoms with Gasteiger partial charge >= 0.3 is 0 Å². The van der Waals surface area contributed by atoms with Crippen molar-refractivity contribution in [3.8, 4) is 11.4 Å². The van der Waals surface area contributed by atoms with Gasteiger partial charge in [0.2, 0.25) is 0 Å². The fraction of sp³-hybridized carbons (Fsp3) is 0.421. The molecule has 2 aromatic heterocycles. The molecule has 4 nitrogen and oxygen atoms in total. The maximum atomic E-state index is 9.29. The number of hydrogen-bond acceptors (Lipinski definition) is 2. The van der Waals surface area contributed by atoms with Crippen LogP contribution in [0.3, 0.4) is 0 Å². The molecule has 1 saturated carbocycles. The minimum atomic E-state index is 0.346. The van der Waals surface area contributed by atoms with E-state index in [4.69, 9.17) is 0 Å². The summed E-state index contributed by atoms with van der Waals surface area (Å²) in [6.45, 7) is 1.37. The second-order valence-corrected chi connectivity index (χ2v) is 6.72. The lowest BCUT2D eigenvalue weighted by Gasteiger charge is -2.28. The number of fused-ring (bicyclic) bond motifs is 1. The van der Waals surface area contributed by atoms with Gasteiger partial charge in [0.1, 0.15) is 5.82 Å². The minimum Gasteiger partial charge on any atom is -0.396 e. The molecule has 1 fully saturated rings. The fourth-order valence-electron chi connectivity index (χ4n) is 3.86. The second-order valence-electron chi connectivity index (χ2n) is 6.72. The maximum Gasteiger partial charge on any atom is 0.140 e. The summed E-state index contributed by atoms with van der Waals surface area (Å²) in [6, 6.07) is 8.45. The molecule has 4 rings (SSSR count). The first-order chi connectivity index (χ1) is 11.3. The van der Waals surface area contributed by atoms with Crippen molar-refractivity contribution in [2.45, 2.75) is 32.2 Å².